The molecule has 0 heterocycles. The van der Waals surface area contributed by atoms with Crippen LogP contribution in [0, 0.1) is 11.2 Å². The van der Waals surface area contributed by atoms with Gasteiger partial charge in [0.25, 0.3) is 0 Å². The van der Waals surface area contributed by atoms with Gasteiger partial charge < -0.3 is 16.0 Å². The molecule has 0 spiro atoms. The highest BCUT2D eigenvalue weighted by Gasteiger charge is 2.21. The number of hydrogen-bond acceptors (Lipinski definition) is 3. The third kappa shape index (κ3) is 6.50. The Morgan fingerprint density at radius 1 is 0.929 bits per heavy atom. The van der Waals surface area contributed by atoms with Gasteiger partial charge >= 0.3 is 0 Å². The van der Waals surface area contributed by atoms with Gasteiger partial charge in [0.05, 0.1) is 18.7 Å². The molecule has 0 saturated heterocycles. The van der Waals surface area contributed by atoms with Gasteiger partial charge in [0, 0.05) is 11.1 Å². The molecule has 2 aromatic rings. The Labute approximate surface area is 163 Å². The standard InChI is InChI=1S/C21H24FN3O3/c1-21(2,3)20(28)23-13-19(27)24-15-9-10-16(22)17(12-15)25-18(26)11-14-7-5-4-6-8-14/h4-10,12H,11,13H2,1-3H3,(H,23,28)(H,24,27)(H,25,26). The first-order valence-electron chi connectivity index (χ1n) is 8.86. The fourth-order valence-corrected chi connectivity index (χ4v) is 2.31. The Morgan fingerprint density at radius 3 is 2.25 bits per heavy atom. The minimum atomic E-state index is -0.611. The molecule has 0 radical (unpaired) electrons. The summed E-state index contributed by atoms with van der Waals surface area (Å²) in [4.78, 5) is 35.9. The molecule has 2 rings (SSSR count). The fourth-order valence-electron chi connectivity index (χ4n) is 2.31. The molecule has 3 amide bonds. The second-order valence-electron chi connectivity index (χ2n) is 7.39. The quantitative estimate of drug-likeness (QED) is 0.714. The van der Waals surface area contributed by atoms with E-state index < -0.39 is 17.1 Å². The highest BCUT2D eigenvalue weighted by molar-refractivity contribution is 5.97. The van der Waals surface area contributed by atoms with Gasteiger partial charge in [-0.15, -0.1) is 0 Å². The van der Waals surface area contributed by atoms with Gasteiger partial charge in [-0.3, -0.25) is 14.4 Å². The third-order valence-electron chi connectivity index (χ3n) is 3.82. The van der Waals surface area contributed by atoms with Crippen molar-refractivity contribution in [3.63, 3.8) is 0 Å². The van der Waals surface area contributed by atoms with E-state index in [1.807, 2.05) is 18.2 Å². The van der Waals surface area contributed by atoms with Crippen LogP contribution in [0.15, 0.2) is 48.5 Å². The first-order valence-corrected chi connectivity index (χ1v) is 8.86. The summed E-state index contributed by atoms with van der Waals surface area (Å²) in [6.45, 7) is 5.02. The van der Waals surface area contributed by atoms with E-state index in [4.69, 9.17) is 0 Å². The zero-order valence-corrected chi connectivity index (χ0v) is 16.1. The smallest absolute Gasteiger partial charge is 0.243 e. The number of carbonyl (C=O) groups excluding carboxylic acids is 3. The first kappa shape index (κ1) is 21.1. The van der Waals surface area contributed by atoms with Crippen LogP contribution in [0.4, 0.5) is 15.8 Å². The Bertz CT molecular complexity index is 861. The maximum atomic E-state index is 14.0. The second kappa shape index (κ2) is 9.12. The van der Waals surface area contributed by atoms with Crippen LogP contribution in [0.25, 0.3) is 0 Å². The molecule has 0 aliphatic heterocycles. The first-order chi connectivity index (χ1) is 13.1. The van der Waals surface area contributed by atoms with Crippen LogP contribution >= 0.6 is 0 Å². The van der Waals surface area contributed by atoms with Gasteiger partial charge in [0.15, 0.2) is 0 Å². The summed E-state index contributed by atoms with van der Waals surface area (Å²) in [7, 11) is 0. The lowest BCUT2D eigenvalue weighted by Crippen LogP contribution is -2.39. The van der Waals surface area contributed by atoms with Gasteiger partial charge in [-0.2, -0.15) is 0 Å². The monoisotopic (exact) mass is 385 g/mol. The Kier molecular flexibility index (Phi) is 6.87. The zero-order chi connectivity index (χ0) is 20.7. The van der Waals surface area contributed by atoms with Crippen molar-refractivity contribution in [2.45, 2.75) is 27.2 Å². The predicted octanol–water partition coefficient (Wildman–Crippen LogP) is 3.11. The minimum absolute atomic E-state index is 0.0301. The molecule has 0 fully saturated rings. The van der Waals surface area contributed by atoms with Crippen molar-refractivity contribution in [1.29, 1.82) is 0 Å². The number of amides is 3. The van der Waals surface area contributed by atoms with Crippen molar-refractivity contribution in [1.82, 2.24) is 5.32 Å². The van der Waals surface area contributed by atoms with Gasteiger partial charge in [0.2, 0.25) is 17.7 Å². The van der Waals surface area contributed by atoms with Crippen LogP contribution in [0.2, 0.25) is 0 Å². The molecule has 148 valence electrons. The molecule has 7 heteroatoms. The maximum Gasteiger partial charge on any atom is 0.243 e. The van der Waals surface area contributed by atoms with Crippen molar-refractivity contribution < 1.29 is 18.8 Å². The van der Waals surface area contributed by atoms with E-state index in [2.05, 4.69) is 16.0 Å². The highest BCUT2D eigenvalue weighted by Crippen LogP contribution is 2.20. The molecule has 0 aliphatic carbocycles. The number of halogens is 1. The molecular weight excluding hydrogens is 361 g/mol. The molecule has 0 aliphatic rings. The number of benzene rings is 2. The van der Waals surface area contributed by atoms with Gasteiger partial charge in [-0.05, 0) is 23.8 Å². The van der Waals surface area contributed by atoms with Crippen LogP contribution in [-0.4, -0.2) is 24.3 Å². The normalized spacial score (nSPS) is 10.9. The summed E-state index contributed by atoms with van der Waals surface area (Å²) in [5, 5.41) is 7.61. The molecule has 2 aromatic carbocycles. The minimum Gasteiger partial charge on any atom is -0.347 e. The summed E-state index contributed by atoms with van der Waals surface area (Å²) < 4.78 is 14.0. The molecule has 28 heavy (non-hydrogen) atoms. The average Bonchev–Trinajstić information content (AvgIpc) is 2.62. The largest absolute Gasteiger partial charge is 0.347 e. The second-order valence-corrected chi connectivity index (χ2v) is 7.39. The Morgan fingerprint density at radius 2 is 1.61 bits per heavy atom. The highest BCUT2D eigenvalue weighted by atomic mass is 19.1. The van der Waals surface area contributed by atoms with E-state index in [0.717, 1.165) is 11.6 Å². The van der Waals surface area contributed by atoms with Gasteiger partial charge in [-0.25, -0.2) is 4.39 Å². The van der Waals surface area contributed by atoms with Crippen LogP contribution in [0.3, 0.4) is 0 Å². The van der Waals surface area contributed by atoms with E-state index >= 15 is 0 Å². The Balaban J connectivity index is 1.95. The number of hydrogen-bond donors (Lipinski definition) is 3. The molecule has 0 unspecified atom stereocenters. The summed E-state index contributed by atoms with van der Waals surface area (Å²) in [6, 6.07) is 13.0. The topological polar surface area (TPSA) is 87.3 Å². The van der Waals surface area contributed by atoms with Crippen molar-refractivity contribution in [3.8, 4) is 0 Å². The Hall–Kier alpha value is -3.22. The summed E-state index contributed by atoms with van der Waals surface area (Å²) in [5.41, 5.74) is 0.482. The molecular formula is C21H24FN3O3. The van der Waals surface area contributed by atoms with E-state index in [9.17, 15) is 18.8 Å². The zero-order valence-electron chi connectivity index (χ0n) is 16.1. The van der Waals surface area contributed by atoms with Crippen molar-refractivity contribution >= 4 is 29.1 Å². The lowest BCUT2D eigenvalue weighted by molar-refractivity contribution is -0.130. The van der Waals surface area contributed by atoms with Gasteiger partial charge in [0.1, 0.15) is 5.82 Å². The number of anilines is 2. The maximum absolute atomic E-state index is 14.0. The van der Waals surface area contributed by atoms with Crippen molar-refractivity contribution in [2.75, 3.05) is 17.2 Å². The summed E-state index contributed by atoms with van der Waals surface area (Å²) in [5.74, 6) is -1.69. The van der Waals surface area contributed by atoms with E-state index in [1.54, 1.807) is 32.9 Å². The SMILES string of the molecule is CC(C)(C)C(=O)NCC(=O)Nc1ccc(F)c(NC(=O)Cc2ccccc2)c1. The number of nitrogens with one attached hydrogen (secondary N) is 3. The van der Waals surface area contributed by atoms with E-state index in [0.29, 0.717) is 5.69 Å². The van der Waals surface area contributed by atoms with Crippen molar-refractivity contribution in [2.24, 2.45) is 5.41 Å². The van der Waals surface area contributed by atoms with Crippen LogP contribution in [0.1, 0.15) is 26.3 Å². The number of carbonyl (C=O) groups is 3. The van der Waals surface area contributed by atoms with Gasteiger partial charge in [-0.1, -0.05) is 51.1 Å². The summed E-state index contributed by atoms with van der Waals surface area (Å²) in [6.07, 6.45) is 0.107. The predicted molar refractivity (Wildman–Crippen MR) is 106 cm³/mol. The average molecular weight is 385 g/mol. The molecule has 0 bridgehead atoms. The molecule has 3 N–H and O–H groups in total. The third-order valence-corrected chi connectivity index (χ3v) is 3.82. The number of rotatable bonds is 6. The van der Waals surface area contributed by atoms with Crippen LogP contribution in [0.5, 0.6) is 0 Å². The molecule has 0 aromatic heterocycles. The molecule has 0 saturated carbocycles. The lowest BCUT2D eigenvalue weighted by atomic mass is 9.96. The van der Waals surface area contributed by atoms with Crippen molar-refractivity contribution in [3.05, 3.63) is 59.9 Å². The van der Waals surface area contributed by atoms with Crippen LogP contribution < -0.4 is 16.0 Å². The lowest BCUT2D eigenvalue weighted by Gasteiger charge is -2.17. The molecule has 0 atom stereocenters. The van der Waals surface area contributed by atoms with Crippen LogP contribution in [-0.2, 0) is 20.8 Å². The van der Waals surface area contributed by atoms with E-state index in [-0.39, 0.29) is 30.5 Å². The fraction of sp³-hybridized carbons (Fsp3) is 0.286. The van der Waals surface area contributed by atoms with E-state index in [1.165, 1.54) is 12.1 Å². The molecule has 6 nitrogen and oxygen atoms in total. The summed E-state index contributed by atoms with van der Waals surface area (Å²) >= 11 is 0.